The normalized spacial score (nSPS) is 31.2. The fraction of sp³-hybridized carbons (Fsp3) is 0.667. The second-order valence-electron chi connectivity index (χ2n) is 6.16. The van der Waals surface area contributed by atoms with Crippen molar-refractivity contribution in [1.29, 1.82) is 0 Å². The van der Waals surface area contributed by atoms with Gasteiger partial charge in [-0.3, -0.25) is 9.69 Å². The van der Waals surface area contributed by atoms with Crippen LogP contribution in [0.5, 0.6) is 0 Å². The molecule has 0 bridgehead atoms. The Kier molecular flexibility index (Phi) is 4.10. The second kappa shape index (κ2) is 5.84. The highest BCUT2D eigenvalue weighted by Crippen LogP contribution is 2.36. The standard InChI is InChI=1S/C15H23N3OS/c1-10(14-3-2-6-20-14)17-15(19)9-18-7-11-4-5-13(16)12(11)8-18/h2-3,6,10-13H,4-5,7-9,16H2,1H3,(H,17,19). The molecule has 4 atom stereocenters. The molecule has 1 saturated carbocycles. The van der Waals surface area contributed by atoms with Gasteiger partial charge in [-0.15, -0.1) is 11.3 Å². The Balaban J connectivity index is 1.48. The van der Waals surface area contributed by atoms with Gasteiger partial charge in [0.25, 0.3) is 0 Å². The summed E-state index contributed by atoms with van der Waals surface area (Å²) in [6, 6.07) is 4.53. The van der Waals surface area contributed by atoms with Crippen molar-refractivity contribution in [3.63, 3.8) is 0 Å². The molecule has 2 heterocycles. The second-order valence-corrected chi connectivity index (χ2v) is 7.14. The van der Waals surface area contributed by atoms with Gasteiger partial charge in [-0.25, -0.2) is 0 Å². The number of nitrogens with two attached hydrogens (primary N) is 1. The maximum absolute atomic E-state index is 12.1. The van der Waals surface area contributed by atoms with Crippen molar-refractivity contribution in [3.05, 3.63) is 22.4 Å². The van der Waals surface area contributed by atoms with Crippen molar-refractivity contribution in [2.24, 2.45) is 17.6 Å². The Morgan fingerprint density at radius 1 is 1.55 bits per heavy atom. The lowest BCUT2D eigenvalue weighted by atomic mass is 9.98. The van der Waals surface area contributed by atoms with E-state index in [1.165, 1.54) is 11.3 Å². The first-order valence-corrected chi connectivity index (χ1v) is 8.32. The first-order valence-electron chi connectivity index (χ1n) is 7.44. The number of thiophene rings is 1. The molecule has 1 aliphatic carbocycles. The van der Waals surface area contributed by atoms with E-state index in [-0.39, 0.29) is 11.9 Å². The molecule has 2 fully saturated rings. The van der Waals surface area contributed by atoms with Crippen LogP contribution in [0.2, 0.25) is 0 Å². The molecule has 110 valence electrons. The van der Waals surface area contributed by atoms with E-state index in [1.807, 2.05) is 18.4 Å². The van der Waals surface area contributed by atoms with Crippen LogP contribution < -0.4 is 11.1 Å². The maximum Gasteiger partial charge on any atom is 0.234 e. The zero-order valence-corrected chi connectivity index (χ0v) is 12.7. The predicted molar refractivity (Wildman–Crippen MR) is 81.5 cm³/mol. The van der Waals surface area contributed by atoms with Crippen LogP contribution in [-0.4, -0.2) is 36.5 Å². The Labute approximate surface area is 124 Å². The van der Waals surface area contributed by atoms with E-state index in [1.54, 1.807) is 11.3 Å². The number of likely N-dealkylation sites (tertiary alicyclic amines) is 1. The fourth-order valence-electron chi connectivity index (χ4n) is 3.63. The quantitative estimate of drug-likeness (QED) is 0.886. The number of amides is 1. The van der Waals surface area contributed by atoms with E-state index < -0.39 is 0 Å². The highest BCUT2D eigenvalue weighted by molar-refractivity contribution is 7.10. The van der Waals surface area contributed by atoms with Crippen LogP contribution in [0.1, 0.15) is 30.7 Å². The molecule has 1 amide bonds. The van der Waals surface area contributed by atoms with Crippen molar-refractivity contribution >= 4 is 17.2 Å². The molecule has 1 saturated heterocycles. The number of hydrogen-bond donors (Lipinski definition) is 2. The average molecular weight is 293 g/mol. The van der Waals surface area contributed by atoms with Crippen LogP contribution in [0.4, 0.5) is 0 Å². The molecule has 3 rings (SSSR count). The number of carbonyl (C=O) groups is 1. The SMILES string of the molecule is CC(NC(=O)CN1CC2CCC(N)C2C1)c1cccs1. The molecule has 20 heavy (non-hydrogen) atoms. The van der Waals surface area contributed by atoms with Gasteiger partial charge in [0.2, 0.25) is 5.91 Å². The van der Waals surface area contributed by atoms with Gasteiger partial charge in [-0.1, -0.05) is 6.07 Å². The summed E-state index contributed by atoms with van der Waals surface area (Å²) in [6.07, 6.45) is 2.39. The summed E-state index contributed by atoms with van der Waals surface area (Å²) >= 11 is 1.68. The van der Waals surface area contributed by atoms with Gasteiger partial charge in [0.15, 0.2) is 0 Å². The summed E-state index contributed by atoms with van der Waals surface area (Å²) in [5.41, 5.74) is 6.13. The van der Waals surface area contributed by atoms with E-state index >= 15 is 0 Å². The van der Waals surface area contributed by atoms with E-state index in [4.69, 9.17) is 5.73 Å². The third-order valence-electron chi connectivity index (χ3n) is 4.70. The lowest BCUT2D eigenvalue weighted by molar-refractivity contribution is -0.122. The third-order valence-corrected chi connectivity index (χ3v) is 5.76. The third kappa shape index (κ3) is 2.90. The summed E-state index contributed by atoms with van der Waals surface area (Å²) in [4.78, 5) is 15.6. The Morgan fingerprint density at radius 3 is 3.10 bits per heavy atom. The van der Waals surface area contributed by atoms with Crippen molar-refractivity contribution in [1.82, 2.24) is 10.2 Å². The zero-order valence-electron chi connectivity index (χ0n) is 11.9. The van der Waals surface area contributed by atoms with Crippen molar-refractivity contribution in [2.45, 2.75) is 31.8 Å². The molecule has 3 N–H and O–H groups in total. The Bertz CT molecular complexity index is 462. The van der Waals surface area contributed by atoms with E-state index in [2.05, 4.69) is 16.3 Å². The average Bonchev–Trinajstić information content (AvgIpc) is 3.08. The van der Waals surface area contributed by atoms with Crippen LogP contribution in [0, 0.1) is 11.8 Å². The lowest BCUT2D eigenvalue weighted by Gasteiger charge is -2.19. The van der Waals surface area contributed by atoms with Crippen molar-refractivity contribution in [2.75, 3.05) is 19.6 Å². The van der Waals surface area contributed by atoms with Crippen LogP contribution in [-0.2, 0) is 4.79 Å². The number of nitrogens with zero attached hydrogens (tertiary/aromatic N) is 1. The Morgan fingerprint density at radius 2 is 2.40 bits per heavy atom. The number of nitrogens with one attached hydrogen (secondary N) is 1. The molecular formula is C15H23N3OS. The van der Waals surface area contributed by atoms with Crippen molar-refractivity contribution < 1.29 is 4.79 Å². The van der Waals surface area contributed by atoms with Gasteiger partial charge in [-0.2, -0.15) is 0 Å². The van der Waals surface area contributed by atoms with Gasteiger partial charge in [0, 0.05) is 24.0 Å². The van der Waals surface area contributed by atoms with Gasteiger partial charge in [0.1, 0.15) is 0 Å². The first kappa shape index (κ1) is 14.0. The minimum absolute atomic E-state index is 0.104. The first-order chi connectivity index (χ1) is 9.63. The van der Waals surface area contributed by atoms with Gasteiger partial charge >= 0.3 is 0 Å². The molecule has 1 aromatic rings. The topological polar surface area (TPSA) is 58.4 Å². The molecule has 0 spiro atoms. The summed E-state index contributed by atoms with van der Waals surface area (Å²) in [5.74, 6) is 1.45. The maximum atomic E-state index is 12.1. The number of carbonyl (C=O) groups excluding carboxylic acids is 1. The molecule has 0 radical (unpaired) electrons. The molecule has 0 aromatic carbocycles. The molecule has 5 heteroatoms. The fourth-order valence-corrected chi connectivity index (χ4v) is 4.36. The van der Waals surface area contributed by atoms with Gasteiger partial charge in [-0.05, 0) is 43.0 Å². The molecular weight excluding hydrogens is 270 g/mol. The molecule has 1 aromatic heterocycles. The zero-order chi connectivity index (χ0) is 14.1. The van der Waals surface area contributed by atoms with Crippen molar-refractivity contribution in [3.8, 4) is 0 Å². The number of rotatable bonds is 4. The lowest BCUT2D eigenvalue weighted by Crippen LogP contribution is -2.38. The van der Waals surface area contributed by atoms with Gasteiger partial charge < -0.3 is 11.1 Å². The molecule has 1 aliphatic heterocycles. The van der Waals surface area contributed by atoms with E-state index in [0.717, 1.165) is 19.5 Å². The smallest absolute Gasteiger partial charge is 0.234 e. The van der Waals surface area contributed by atoms with Crippen LogP contribution in [0.25, 0.3) is 0 Å². The highest BCUT2D eigenvalue weighted by Gasteiger charge is 2.41. The van der Waals surface area contributed by atoms with Crippen LogP contribution in [0.15, 0.2) is 17.5 Å². The summed E-state index contributed by atoms with van der Waals surface area (Å²) in [6.45, 7) is 4.58. The Hall–Kier alpha value is -0.910. The minimum Gasteiger partial charge on any atom is -0.348 e. The summed E-state index contributed by atoms with van der Waals surface area (Å²) in [5, 5.41) is 5.13. The monoisotopic (exact) mass is 293 g/mol. The number of hydrogen-bond acceptors (Lipinski definition) is 4. The molecule has 4 nitrogen and oxygen atoms in total. The predicted octanol–water partition coefficient (Wildman–Crippen LogP) is 1.59. The number of fused-ring (bicyclic) bond motifs is 1. The van der Waals surface area contributed by atoms with Crippen LogP contribution in [0.3, 0.4) is 0 Å². The highest BCUT2D eigenvalue weighted by atomic mass is 32.1. The molecule has 4 unspecified atom stereocenters. The van der Waals surface area contributed by atoms with E-state index in [0.29, 0.717) is 24.4 Å². The summed E-state index contributed by atoms with van der Waals surface area (Å²) < 4.78 is 0. The van der Waals surface area contributed by atoms with E-state index in [9.17, 15) is 4.79 Å². The largest absolute Gasteiger partial charge is 0.348 e. The summed E-state index contributed by atoms with van der Waals surface area (Å²) in [7, 11) is 0. The minimum atomic E-state index is 0.104. The molecule has 2 aliphatic rings. The van der Waals surface area contributed by atoms with Gasteiger partial charge in [0.05, 0.1) is 12.6 Å². The van der Waals surface area contributed by atoms with Crippen LogP contribution >= 0.6 is 11.3 Å².